The van der Waals surface area contributed by atoms with Gasteiger partial charge in [0.25, 0.3) is 0 Å². The zero-order chi connectivity index (χ0) is 20.8. The molecule has 4 heterocycles. The van der Waals surface area contributed by atoms with E-state index in [1.807, 2.05) is 36.6 Å². The van der Waals surface area contributed by atoms with Crippen LogP contribution < -0.4 is 5.32 Å². The van der Waals surface area contributed by atoms with E-state index in [2.05, 4.69) is 36.9 Å². The molecule has 0 aromatic carbocycles. The molecule has 0 saturated heterocycles. The number of nitrogens with zero attached hydrogens (tertiary/aromatic N) is 4. The zero-order valence-electron chi connectivity index (χ0n) is 16.5. The maximum absolute atomic E-state index is 12.7. The first-order valence-corrected chi connectivity index (χ1v) is 10.6. The van der Waals surface area contributed by atoms with Crippen molar-refractivity contribution in [2.45, 2.75) is 32.2 Å². The summed E-state index contributed by atoms with van der Waals surface area (Å²) in [5, 5.41) is 11.2. The Hall–Kier alpha value is -3.39. The molecule has 4 aromatic rings. The number of pyridine rings is 2. The van der Waals surface area contributed by atoms with Crippen molar-refractivity contribution in [2.75, 3.05) is 0 Å². The van der Waals surface area contributed by atoms with Gasteiger partial charge in [-0.25, -0.2) is 0 Å². The molecule has 7 nitrogen and oxygen atoms in total. The van der Waals surface area contributed by atoms with Crippen LogP contribution in [0.25, 0.3) is 11.4 Å². The number of carbonyl (C=O) groups is 1. The van der Waals surface area contributed by atoms with Crippen LogP contribution in [-0.4, -0.2) is 26.0 Å². The lowest BCUT2D eigenvalue weighted by Crippen LogP contribution is -2.31. The first-order valence-electron chi connectivity index (χ1n) is 9.64. The van der Waals surface area contributed by atoms with Crippen molar-refractivity contribution in [1.82, 2.24) is 25.4 Å². The number of carbonyl (C=O) groups excluding carboxylic acids is 1. The van der Waals surface area contributed by atoms with Gasteiger partial charge in [-0.15, -0.1) is 0 Å². The summed E-state index contributed by atoms with van der Waals surface area (Å²) in [6.07, 6.45) is 6.42. The lowest BCUT2D eigenvalue weighted by molar-refractivity contribution is -0.121. The summed E-state index contributed by atoms with van der Waals surface area (Å²) in [7, 11) is 0. The molecule has 0 aliphatic heterocycles. The number of hydrogen-bond donors (Lipinski definition) is 1. The Bertz CT molecular complexity index is 1100. The molecule has 152 valence electrons. The normalized spacial score (nSPS) is 11.9. The molecule has 0 bridgehead atoms. The number of aromatic nitrogens is 4. The highest BCUT2D eigenvalue weighted by molar-refractivity contribution is 7.07. The van der Waals surface area contributed by atoms with Gasteiger partial charge in [0.2, 0.25) is 17.6 Å². The Labute approximate surface area is 178 Å². The van der Waals surface area contributed by atoms with E-state index in [0.717, 1.165) is 16.8 Å². The summed E-state index contributed by atoms with van der Waals surface area (Å²) < 4.78 is 5.29. The standard InChI is InChI=1S/C22H21N5O2S/c1-15-3-2-9-24-21(15)18(13-16-8-12-30-14-16)25-19(28)4-5-20-26-22(27-29-20)17-6-10-23-11-7-17/h2-3,6-12,14,18H,4-5,13H2,1H3,(H,25,28)/t18-/m1/s1. The van der Waals surface area contributed by atoms with Gasteiger partial charge in [0.05, 0.1) is 11.7 Å². The number of nitrogens with one attached hydrogen (secondary N) is 1. The van der Waals surface area contributed by atoms with E-state index in [4.69, 9.17) is 4.52 Å². The summed E-state index contributed by atoms with van der Waals surface area (Å²) >= 11 is 1.64. The first-order chi connectivity index (χ1) is 14.7. The predicted molar refractivity (Wildman–Crippen MR) is 114 cm³/mol. The third-order valence-corrected chi connectivity index (χ3v) is 5.44. The van der Waals surface area contributed by atoms with Gasteiger partial charge in [-0.05, 0) is 59.5 Å². The highest BCUT2D eigenvalue weighted by Crippen LogP contribution is 2.21. The third-order valence-electron chi connectivity index (χ3n) is 4.71. The maximum Gasteiger partial charge on any atom is 0.227 e. The molecule has 0 aliphatic carbocycles. The molecule has 0 radical (unpaired) electrons. The van der Waals surface area contributed by atoms with Crippen molar-refractivity contribution in [3.05, 3.63) is 82.4 Å². The molecule has 0 fully saturated rings. The van der Waals surface area contributed by atoms with Crippen LogP contribution in [-0.2, 0) is 17.6 Å². The quantitative estimate of drug-likeness (QED) is 0.465. The largest absolute Gasteiger partial charge is 0.347 e. The molecule has 0 spiro atoms. The minimum Gasteiger partial charge on any atom is -0.347 e. The highest BCUT2D eigenvalue weighted by Gasteiger charge is 2.19. The van der Waals surface area contributed by atoms with E-state index in [9.17, 15) is 4.79 Å². The molecular weight excluding hydrogens is 398 g/mol. The average molecular weight is 420 g/mol. The van der Waals surface area contributed by atoms with Crippen molar-refractivity contribution in [3.63, 3.8) is 0 Å². The number of rotatable bonds is 8. The molecular formula is C22H21N5O2S. The molecule has 0 unspecified atom stereocenters. The summed E-state index contributed by atoms with van der Waals surface area (Å²) in [6.45, 7) is 2.01. The Balaban J connectivity index is 1.40. The van der Waals surface area contributed by atoms with E-state index in [-0.39, 0.29) is 18.4 Å². The van der Waals surface area contributed by atoms with Gasteiger partial charge in [0.15, 0.2) is 0 Å². The SMILES string of the molecule is Cc1cccnc1[C@@H](Cc1ccsc1)NC(=O)CCc1nc(-c2ccncc2)no1. The van der Waals surface area contributed by atoms with E-state index in [1.54, 1.807) is 29.9 Å². The lowest BCUT2D eigenvalue weighted by atomic mass is 10.0. The van der Waals surface area contributed by atoms with Crippen molar-refractivity contribution in [1.29, 1.82) is 0 Å². The number of hydrogen-bond acceptors (Lipinski definition) is 7. The van der Waals surface area contributed by atoms with Gasteiger partial charge >= 0.3 is 0 Å². The van der Waals surface area contributed by atoms with Gasteiger partial charge in [-0.3, -0.25) is 14.8 Å². The van der Waals surface area contributed by atoms with E-state index in [1.165, 1.54) is 5.56 Å². The molecule has 8 heteroatoms. The van der Waals surface area contributed by atoms with Gasteiger partial charge in [-0.2, -0.15) is 16.3 Å². The van der Waals surface area contributed by atoms with Crippen LogP contribution in [0.4, 0.5) is 0 Å². The fourth-order valence-electron chi connectivity index (χ4n) is 3.18. The second-order valence-corrected chi connectivity index (χ2v) is 7.69. The van der Waals surface area contributed by atoms with E-state index < -0.39 is 0 Å². The smallest absolute Gasteiger partial charge is 0.227 e. The monoisotopic (exact) mass is 419 g/mol. The van der Waals surface area contributed by atoms with Gasteiger partial charge in [0, 0.05) is 37.0 Å². The van der Waals surface area contributed by atoms with Crippen LogP contribution in [0.1, 0.15) is 35.2 Å². The summed E-state index contributed by atoms with van der Waals surface area (Å²) in [4.78, 5) is 25.5. The highest BCUT2D eigenvalue weighted by atomic mass is 32.1. The Morgan fingerprint density at radius 1 is 1.20 bits per heavy atom. The van der Waals surface area contributed by atoms with Crippen LogP contribution in [0.15, 0.2) is 64.2 Å². The predicted octanol–water partition coefficient (Wildman–Crippen LogP) is 3.93. The van der Waals surface area contributed by atoms with Gasteiger partial charge in [0.1, 0.15) is 0 Å². The molecule has 0 saturated carbocycles. The molecule has 30 heavy (non-hydrogen) atoms. The Morgan fingerprint density at radius 3 is 2.83 bits per heavy atom. The maximum atomic E-state index is 12.7. The van der Waals surface area contributed by atoms with Crippen molar-refractivity contribution in [2.24, 2.45) is 0 Å². The van der Waals surface area contributed by atoms with Gasteiger partial charge < -0.3 is 9.84 Å². The minimum atomic E-state index is -0.191. The number of aryl methyl sites for hydroxylation is 2. The van der Waals surface area contributed by atoms with Crippen molar-refractivity contribution >= 4 is 17.2 Å². The molecule has 4 aromatic heterocycles. The number of thiophene rings is 1. The fourth-order valence-corrected chi connectivity index (χ4v) is 3.87. The molecule has 1 N–H and O–H groups in total. The van der Waals surface area contributed by atoms with Crippen LogP contribution in [0.3, 0.4) is 0 Å². The second-order valence-electron chi connectivity index (χ2n) is 6.91. The Kier molecular flexibility index (Phi) is 6.24. The van der Waals surface area contributed by atoms with Crippen LogP contribution in [0.5, 0.6) is 0 Å². The Morgan fingerprint density at radius 2 is 2.07 bits per heavy atom. The van der Waals surface area contributed by atoms with Crippen molar-refractivity contribution in [3.8, 4) is 11.4 Å². The zero-order valence-corrected chi connectivity index (χ0v) is 17.3. The topological polar surface area (TPSA) is 93.8 Å². The first kappa shape index (κ1) is 19.9. The number of amides is 1. The minimum absolute atomic E-state index is 0.0797. The van der Waals surface area contributed by atoms with Crippen molar-refractivity contribution < 1.29 is 9.32 Å². The third kappa shape index (κ3) is 4.96. The van der Waals surface area contributed by atoms with Crippen LogP contribution >= 0.6 is 11.3 Å². The fraction of sp³-hybridized carbons (Fsp3) is 0.227. The lowest BCUT2D eigenvalue weighted by Gasteiger charge is -2.19. The van der Waals surface area contributed by atoms with E-state index >= 15 is 0 Å². The van der Waals surface area contributed by atoms with Gasteiger partial charge in [-0.1, -0.05) is 11.2 Å². The molecule has 1 amide bonds. The summed E-state index contributed by atoms with van der Waals surface area (Å²) in [6, 6.07) is 9.41. The second kappa shape index (κ2) is 9.41. The van der Waals surface area contributed by atoms with Crippen LogP contribution in [0, 0.1) is 6.92 Å². The van der Waals surface area contributed by atoms with E-state index in [0.29, 0.717) is 24.6 Å². The molecule has 4 rings (SSSR count). The molecule has 1 atom stereocenters. The summed E-state index contributed by atoms with van der Waals surface area (Å²) in [5.74, 6) is 0.844. The van der Waals surface area contributed by atoms with Crippen LogP contribution in [0.2, 0.25) is 0 Å². The summed E-state index contributed by atoms with van der Waals surface area (Å²) in [5.41, 5.74) is 3.94. The molecule has 0 aliphatic rings. The average Bonchev–Trinajstić information content (AvgIpc) is 3.45.